The molecule has 3 aromatic rings. The zero-order valence-electron chi connectivity index (χ0n) is 19.6. The van der Waals surface area contributed by atoms with Crippen molar-refractivity contribution in [1.82, 2.24) is 9.80 Å². The first kappa shape index (κ1) is 26.8. The minimum absolute atomic E-state index is 0.139. The summed E-state index contributed by atoms with van der Waals surface area (Å²) in [5.41, 5.74) is 3.03. The van der Waals surface area contributed by atoms with E-state index in [0.717, 1.165) is 55.0 Å². The molecule has 12 heteroatoms. The lowest BCUT2D eigenvalue weighted by atomic mass is 10.1. The monoisotopic (exact) mass is 674 g/mol. The van der Waals surface area contributed by atoms with Crippen LogP contribution in [0.4, 0.5) is 21.0 Å². The second-order valence-electron chi connectivity index (χ2n) is 8.50. The number of amides is 4. The van der Waals surface area contributed by atoms with Gasteiger partial charge in [-0.3, -0.25) is 29.0 Å². The number of rotatable bonds is 8. The molecule has 4 amide bonds. The van der Waals surface area contributed by atoms with Crippen molar-refractivity contribution in [3.8, 4) is 0 Å². The summed E-state index contributed by atoms with van der Waals surface area (Å²) < 4.78 is 1.84. The van der Waals surface area contributed by atoms with E-state index in [1.165, 1.54) is 9.80 Å². The molecule has 2 aliphatic heterocycles. The Labute approximate surface area is 244 Å². The molecule has 0 saturated carbocycles. The molecule has 38 heavy (non-hydrogen) atoms. The van der Waals surface area contributed by atoms with Crippen molar-refractivity contribution in [2.24, 2.45) is 0 Å². The van der Waals surface area contributed by atoms with Gasteiger partial charge in [0.15, 0.2) is 10.7 Å². The van der Waals surface area contributed by atoms with Gasteiger partial charge in [-0.05, 0) is 83.2 Å². The number of carbonyl (C=O) groups excluding carboxylic acids is 4. The number of carbonyl (C=O) groups is 4. The number of nitrogens with one attached hydrogen (secondary N) is 2. The molecule has 2 unspecified atom stereocenters. The van der Waals surface area contributed by atoms with Gasteiger partial charge in [-0.15, -0.1) is 0 Å². The lowest BCUT2D eigenvalue weighted by molar-refractivity contribution is -0.127. The molecule has 8 nitrogen and oxygen atoms in total. The highest BCUT2D eigenvalue weighted by Gasteiger charge is 2.41. The van der Waals surface area contributed by atoms with Crippen LogP contribution in [-0.4, -0.2) is 42.8 Å². The Morgan fingerprint density at radius 2 is 0.921 bits per heavy atom. The van der Waals surface area contributed by atoms with Crippen molar-refractivity contribution in [2.45, 2.75) is 23.8 Å². The zero-order chi connectivity index (χ0) is 26.8. The Morgan fingerprint density at radius 3 is 1.26 bits per heavy atom. The maximum absolute atomic E-state index is 12.9. The highest BCUT2D eigenvalue weighted by atomic mass is 79.9. The standard InChI is InChI=1S/C26H20Br2N4O4S2/c27-17-5-9-19(10-6-17)29-21-23(33)31(25(35)37-21)13-15-1-2-16(4-3-15)14-32-24(34)22(38-26(32)36)30-20-11-7-18(28)8-12-20/h1-12,21-22,29-30H,13-14H2. The highest BCUT2D eigenvalue weighted by Crippen LogP contribution is 2.32. The van der Waals surface area contributed by atoms with E-state index in [1.54, 1.807) is 24.3 Å². The van der Waals surface area contributed by atoms with Gasteiger partial charge in [0.1, 0.15) is 0 Å². The molecule has 2 aliphatic rings. The lowest BCUT2D eigenvalue weighted by Gasteiger charge is -2.17. The minimum Gasteiger partial charge on any atom is -0.365 e. The number of anilines is 2. The Hall–Kier alpha value is -2.80. The van der Waals surface area contributed by atoms with Crippen LogP contribution in [0.15, 0.2) is 81.7 Å². The average molecular weight is 676 g/mol. The third-order valence-corrected chi connectivity index (χ3v) is 8.86. The summed E-state index contributed by atoms with van der Waals surface area (Å²) in [5, 5.41) is 4.18. The predicted molar refractivity (Wildman–Crippen MR) is 157 cm³/mol. The fourth-order valence-electron chi connectivity index (χ4n) is 3.87. The van der Waals surface area contributed by atoms with Crippen LogP contribution < -0.4 is 10.6 Å². The topological polar surface area (TPSA) is 98.8 Å². The first-order chi connectivity index (χ1) is 18.3. The van der Waals surface area contributed by atoms with Crippen molar-refractivity contribution in [1.29, 1.82) is 0 Å². The molecular weight excluding hydrogens is 656 g/mol. The SMILES string of the molecule is O=C1SC(Nc2ccc(Br)cc2)C(=O)N1Cc1ccc(CN2C(=O)SC(Nc3ccc(Br)cc3)C2=O)cc1. The fourth-order valence-corrected chi connectivity index (χ4v) is 6.21. The van der Waals surface area contributed by atoms with Crippen molar-refractivity contribution < 1.29 is 19.2 Å². The first-order valence-electron chi connectivity index (χ1n) is 11.4. The third-order valence-electron chi connectivity index (χ3n) is 5.85. The summed E-state index contributed by atoms with van der Waals surface area (Å²) in [6.45, 7) is 0.278. The van der Waals surface area contributed by atoms with Crippen LogP contribution in [0, 0.1) is 0 Å². The van der Waals surface area contributed by atoms with E-state index in [0.29, 0.717) is 0 Å². The van der Waals surface area contributed by atoms with E-state index in [9.17, 15) is 19.2 Å². The summed E-state index contributed by atoms with van der Waals surface area (Å²) in [4.78, 5) is 53.2. The summed E-state index contributed by atoms with van der Waals surface area (Å²) in [5.74, 6) is -0.608. The number of thioether (sulfide) groups is 2. The van der Waals surface area contributed by atoms with Crippen molar-refractivity contribution in [3.63, 3.8) is 0 Å². The summed E-state index contributed by atoms with van der Waals surface area (Å²) in [6.07, 6.45) is 0. The normalized spacial score (nSPS) is 19.4. The fraction of sp³-hybridized carbons (Fsp3) is 0.154. The van der Waals surface area contributed by atoms with Gasteiger partial charge in [-0.25, -0.2) is 0 Å². The minimum atomic E-state index is -0.688. The molecule has 0 bridgehead atoms. The molecular formula is C26H20Br2N4O4S2. The summed E-state index contributed by atoms with van der Waals surface area (Å²) in [6, 6.07) is 21.9. The van der Waals surface area contributed by atoms with Crippen LogP contribution >= 0.6 is 55.4 Å². The highest BCUT2D eigenvalue weighted by molar-refractivity contribution is 9.10. The number of hydrogen-bond acceptors (Lipinski definition) is 8. The molecule has 2 N–H and O–H groups in total. The molecule has 2 heterocycles. The quantitative estimate of drug-likeness (QED) is 0.280. The molecule has 2 atom stereocenters. The van der Waals surface area contributed by atoms with Crippen LogP contribution in [0.3, 0.4) is 0 Å². The number of halogens is 2. The number of benzene rings is 3. The molecule has 5 rings (SSSR count). The van der Waals surface area contributed by atoms with Gasteiger partial charge in [-0.1, -0.05) is 56.1 Å². The van der Waals surface area contributed by atoms with Crippen LogP contribution in [0.5, 0.6) is 0 Å². The van der Waals surface area contributed by atoms with Crippen LogP contribution in [0.2, 0.25) is 0 Å². The van der Waals surface area contributed by atoms with E-state index >= 15 is 0 Å². The maximum Gasteiger partial charge on any atom is 0.291 e. The van der Waals surface area contributed by atoms with Crippen molar-refractivity contribution in [2.75, 3.05) is 10.6 Å². The van der Waals surface area contributed by atoms with Crippen LogP contribution in [0.1, 0.15) is 11.1 Å². The van der Waals surface area contributed by atoms with E-state index in [1.807, 2.05) is 48.5 Å². The van der Waals surface area contributed by atoms with Gasteiger partial charge in [-0.2, -0.15) is 0 Å². The maximum atomic E-state index is 12.9. The van der Waals surface area contributed by atoms with Gasteiger partial charge in [0.05, 0.1) is 13.1 Å². The molecule has 2 fully saturated rings. The molecule has 2 saturated heterocycles. The smallest absolute Gasteiger partial charge is 0.291 e. The first-order valence-corrected chi connectivity index (χ1v) is 14.8. The van der Waals surface area contributed by atoms with Gasteiger partial charge in [0, 0.05) is 20.3 Å². The van der Waals surface area contributed by atoms with Crippen molar-refractivity contribution >= 4 is 89.1 Å². The summed E-state index contributed by atoms with van der Waals surface area (Å²) >= 11 is 8.65. The number of imide groups is 2. The Kier molecular flexibility index (Phi) is 8.12. The van der Waals surface area contributed by atoms with E-state index in [4.69, 9.17) is 0 Å². The molecule has 3 aromatic carbocycles. The van der Waals surface area contributed by atoms with E-state index in [2.05, 4.69) is 42.5 Å². The third kappa shape index (κ3) is 6.09. The lowest BCUT2D eigenvalue weighted by Crippen LogP contribution is -2.34. The Morgan fingerprint density at radius 1 is 0.579 bits per heavy atom. The Balaban J connectivity index is 1.17. The van der Waals surface area contributed by atoms with E-state index in [-0.39, 0.29) is 35.4 Å². The van der Waals surface area contributed by atoms with Crippen molar-refractivity contribution in [3.05, 3.63) is 92.9 Å². The molecule has 0 aliphatic carbocycles. The predicted octanol–water partition coefficient (Wildman–Crippen LogP) is 6.48. The molecule has 0 aromatic heterocycles. The second kappa shape index (κ2) is 11.5. The van der Waals surface area contributed by atoms with Gasteiger partial charge in [0.25, 0.3) is 22.3 Å². The molecule has 194 valence electrons. The number of nitrogens with zero attached hydrogens (tertiary/aromatic N) is 2. The van der Waals surface area contributed by atoms with Gasteiger partial charge < -0.3 is 10.6 Å². The number of hydrogen-bond donors (Lipinski definition) is 2. The summed E-state index contributed by atoms with van der Waals surface area (Å²) in [7, 11) is 0. The zero-order valence-corrected chi connectivity index (χ0v) is 24.4. The van der Waals surface area contributed by atoms with Crippen LogP contribution in [0.25, 0.3) is 0 Å². The van der Waals surface area contributed by atoms with Gasteiger partial charge in [0.2, 0.25) is 0 Å². The average Bonchev–Trinajstić information content (AvgIpc) is 3.32. The second-order valence-corrected chi connectivity index (χ2v) is 12.4. The molecule has 0 spiro atoms. The van der Waals surface area contributed by atoms with Crippen LogP contribution in [-0.2, 0) is 22.7 Å². The molecule has 0 radical (unpaired) electrons. The van der Waals surface area contributed by atoms with Gasteiger partial charge >= 0.3 is 0 Å². The van der Waals surface area contributed by atoms with E-state index < -0.39 is 10.7 Å². The Bertz CT molecular complexity index is 1280. The largest absolute Gasteiger partial charge is 0.365 e.